The van der Waals surface area contributed by atoms with Crippen molar-refractivity contribution >= 4 is 22.6 Å². The maximum absolute atomic E-state index is 4.40. The van der Waals surface area contributed by atoms with Crippen LogP contribution in [0.5, 0.6) is 0 Å². The SMILES string of the molecule is CC(N=NN(CI)Cc1ccccc1)C1CC1. The molecule has 0 amide bonds. The fourth-order valence-corrected chi connectivity index (χ4v) is 2.10. The first-order chi connectivity index (χ1) is 8.29. The highest BCUT2D eigenvalue weighted by Crippen LogP contribution is 2.34. The Balaban J connectivity index is 1.87. The minimum atomic E-state index is 0.385. The molecule has 3 nitrogen and oxygen atoms in total. The van der Waals surface area contributed by atoms with Gasteiger partial charge in [0.05, 0.1) is 17.1 Å². The Morgan fingerprint density at radius 2 is 2.06 bits per heavy atom. The summed E-state index contributed by atoms with van der Waals surface area (Å²) in [6.07, 6.45) is 2.65. The predicted molar refractivity (Wildman–Crippen MR) is 77.9 cm³/mol. The molecule has 0 saturated heterocycles. The third kappa shape index (κ3) is 4.26. The van der Waals surface area contributed by atoms with Crippen molar-refractivity contribution in [2.45, 2.75) is 32.4 Å². The van der Waals surface area contributed by atoms with Gasteiger partial charge in [-0.25, -0.2) is 0 Å². The first-order valence-corrected chi connectivity index (χ1v) is 7.57. The van der Waals surface area contributed by atoms with Crippen LogP contribution in [0.3, 0.4) is 0 Å². The summed E-state index contributed by atoms with van der Waals surface area (Å²) in [5.74, 6) is 0.784. The van der Waals surface area contributed by atoms with Gasteiger partial charge in [-0.05, 0) is 31.2 Å². The molecular weight excluding hydrogens is 325 g/mol. The summed E-state index contributed by atoms with van der Waals surface area (Å²) in [7, 11) is 0. The van der Waals surface area contributed by atoms with Crippen molar-refractivity contribution in [2.75, 3.05) is 4.55 Å². The summed E-state index contributed by atoms with van der Waals surface area (Å²) >= 11 is 2.33. The number of alkyl halides is 1. The van der Waals surface area contributed by atoms with E-state index in [1.54, 1.807) is 0 Å². The van der Waals surface area contributed by atoms with Crippen LogP contribution >= 0.6 is 22.6 Å². The van der Waals surface area contributed by atoms with E-state index in [1.165, 1.54) is 18.4 Å². The van der Waals surface area contributed by atoms with Gasteiger partial charge >= 0.3 is 0 Å². The lowest BCUT2D eigenvalue weighted by molar-refractivity contribution is 0.302. The molecule has 1 aromatic rings. The molecule has 0 heterocycles. The molecule has 0 N–H and O–H groups in total. The second kappa shape index (κ2) is 6.33. The fraction of sp³-hybridized carbons (Fsp3) is 0.538. The quantitative estimate of drug-likeness (QED) is 0.252. The molecule has 17 heavy (non-hydrogen) atoms. The number of rotatable bonds is 6. The highest BCUT2D eigenvalue weighted by atomic mass is 127. The van der Waals surface area contributed by atoms with Gasteiger partial charge in [-0.1, -0.05) is 58.1 Å². The molecule has 92 valence electrons. The van der Waals surface area contributed by atoms with Crippen LogP contribution in [0.2, 0.25) is 0 Å². The normalized spacial score (nSPS) is 17.3. The molecule has 2 rings (SSSR count). The fourth-order valence-electron chi connectivity index (χ4n) is 1.72. The molecule has 0 aliphatic heterocycles. The van der Waals surface area contributed by atoms with Crippen LogP contribution in [0.1, 0.15) is 25.3 Å². The van der Waals surface area contributed by atoms with Crippen LogP contribution in [-0.4, -0.2) is 15.6 Å². The van der Waals surface area contributed by atoms with Crippen molar-refractivity contribution in [3.63, 3.8) is 0 Å². The van der Waals surface area contributed by atoms with Crippen molar-refractivity contribution in [1.29, 1.82) is 0 Å². The zero-order chi connectivity index (χ0) is 12.1. The largest absolute Gasteiger partial charge is 0.265 e. The van der Waals surface area contributed by atoms with E-state index in [9.17, 15) is 0 Å². The molecule has 0 aromatic heterocycles. The van der Waals surface area contributed by atoms with E-state index in [4.69, 9.17) is 0 Å². The first-order valence-electron chi connectivity index (χ1n) is 6.05. The summed E-state index contributed by atoms with van der Waals surface area (Å²) in [5.41, 5.74) is 1.28. The monoisotopic (exact) mass is 343 g/mol. The number of benzene rings is 1. The van der Waals surface area contributed by atoms with Gasteiger partial charge in [0.15, 0.2) is 0 Å². The molecular formula is C13H18IN3. The van der Waals surface area contributed by atoms with Crippen molar-refractivity contribution < 1.29 is 0 Å². The van der Waals surface area contributed by atoms with Gasteiger partial charge in [-0.2, -0.15) is 5.11 Å². The van der Waals surface area contributed by atoms with Crippen LogP contribution < -0.4 is 0 Å². The Bertz CT molecular complexity index is 362. The average Bonchev–Trinajstić information content (AvgIpc) is 3.19. The number of hydrogen-bond acceptors (Lipinski definition) is 2. The minimum absolute atomic E-state index is 0.385. The van der Waals surface area contributed by atoms with Gasteiger partial charge in [0.1, 0.15) is 0 Å². The summed E-state index contributed by atoms with van der Waals surface area (Å²) < 4.78 is 0.869. The highest BCUT2D eigenvalue weighted by molar-refractivity contribution is 14.1. The Morgan fingerprint density at radius 3 is 2.65 bits per heavy atom. The van der Waals surface area contributed by atoms with Gasteiger partial charge in [0, 0.05) is 0 Å². The second-order valence-electron chi connectivity index (χ2n) is 4.55. The van der Waals surface area contributed by atoms with Crippen LogP contribution in [0.4, 0.5) is 0 Å². The maximum Gasteiger partial charge on any atom is 0.0896 e. The maximum atomic E-state index is 4.40. The number of nitrogens with zero attached hydrogens (tertiary/aromatic N) is 3. The topological polar surface area (TPSA) is 28.0 Å². The molecule has 0 spiro atoms. The minimum Gasteiger partial charge on any atom is -0.265 e. The molecule has 4 heteroatoms. The van der Waals surface area contributed by atoms with Gasteiger partial charge in [-0.15, -0.1) is 0 Å². The summed E-state index contributed by atoms with van der Waals surface area (Å²) in [6.45, 7) is 3.00. The molecule has 0 bridgehead atoms. The highest BCUT2D eigenvalue weighted by Gasteiger charge is 2.27. The van der Waals surface area contributed by atoms with Crippen molar-refractivity contribution in [1.82, 2.24) is 5.01 Å². The molecule has 0 radical (unpaired) electrons. The van der Waals surface area contributed by atoms with Crippen molar-refractivity contribution in [3.8, 4) is 0 Å². The number of hydrogen-bond donors (Lipinski definition) is 0. The van der Waals surface area contributed by atoms with Gasteiger partial charge < -0.3 is 0 Å². The smallest absolute Gasteiger partial charge is 0.0896 e. The molecule has 1 atom stereocenters. The Hall–Kier alpha value is -0.650. The molecule has 1 aliphatic carbocycles. The van der Waals surface area contributed by atoms with Crippen LogP contribution in [0.25, 0.3) is 0 Å². The predicted octanol–water partition coefficient (Wildman–Crippen LogP) is 4.05. The van der Waals surface area contributed by atoms with Gasteiger partial charge in [-0.3, -0.25) is 5.01 Å². The molecule has 1 aromatic carbocycles. The second-order valence-corrected chi connectivity index (χ2v) is 5.23. The molecule has 1 aliphatic rings. The van der Waals surface area contributed by atoms with Crippen molar-refractivity contribution in [2.24, 2.45) is 16.3 Å². The summed E-state index contributed by atoms with van der Waals surface area (Å²) in [6, 6.07) is 10.8. The van der Waals surface area contributed by atoms with Crippen molar-refractivity contribution in [3.05, 3.63) is 35.9 Å². The third-order valence-corrected chi connectivity index (χ3v) is 3.80. The molecule has 1 saturated carbocycles. The van der Waals surface area contributed by atoms with Crippen LogP contribution in [0, 0.1) is 5.92 Å². The van der Waals surface area contributed by atoms with E-state index < -0.39 is 0 Å². The van der Waals surface area contributed by atoms with E-state index in [2.05, 4.69) is 64.1 Å². The third-order valence-electron chi connectivity index (χ3n) is 3.01. The van der Waals surface area contributed by atoms with E-state index in [-0.39, 0.29) is 0 Å². The number of halogens is 1. The summed E-state index contributed by atoms with van der Waals surface area (Å²) in [5, 5.41) is 10.8. The van der Waals surface area contributed by atoms with E-state index in [1.807, 2.05) is 11.1 Å². The van der Waals surface area contributed by atoms with E-state index in [0.717, 1.165) is 17.0 Å². The molecule has 1 fully saturated rings. The van der Waals surface area contributed by atoms with E-state index in [0.29, 0.717) is 6.04 Å². The Kier molecular flexibility index (Phi) is 4.76. The van der Waals surface area contributed by atoms with Gasteiger partial charge in [0.2, 0.25) is 0 Å². The average molecular weight is 343 g/mol. The lowest BCUT2D eigenvalue weighted by atomic mass is 10.2. The van der Waals surface area contributed by atoms with Crippen LogP contribution in [0.15, 0.2) is 40.7 Å². The first kappa shape index (κ1) is 12.8. The van der Waals surface area contributed by atoms with E-state index >= 15 is 0 Å². The Labute approximate surface area is 116 Å². The standard InChI is InChI=1S/C13H18IN3/c1-11(13-7-8-13)15-16-17(10-14)9-12-5-3-2-4-6-12/h2-6,11,13H,7-10H2,1H3. The zero-order valence-electron chi connectivity index (χ0n) is 10.1. The Morgan fingerprint density at radius 1 is 1.35 bits per heavy atom. The van der Waals surface area contributed by atoms with Crippen LogP contribution in [-0.2, 0) is 6.54 Å². The van der Waals surface area contributed by atoms with Gasteiger partial charge in [0.25, 0.3) is 0 Å². The lowest BCUT2D eigenvalue weighted by Gasteiger charge is -2.15. The zero-order valence-corrected chi connectivity index (χ0v) is 12.2. The summed E-state index contributed by atoms with van der Waals surface area (Å²) in [4.78, 5) is 0. The molecule has 1 unspecified atom stereocenters. The lowest BCUT2D eigenvalue weighted by Crippen LogP contribution is -2.15.